The molecule has 0 saturated heterocycles. The van der Waals surface area contributed by atoms with Gasteiger partial charge in [0, 0.05) is 23.4 Å². The zero-order valence-electron chi connectivity index (χ0n) is 11.4. The molecule has 6 heteroatoms. The summed E-state index contributed by atoms with van der Waals surface area (Å²) in [5.41, 5.74) is 0.525. The van der Waals surface area contributed by atoms with Crippen molar-refractivity contribution >= 4 is 34.5 Å². The summed E-state index contributed by atoms with van der Waals surface area (Å²) in [5, 5.41) is 3.25. The number of carbonyl (C=O) groups excluding carboxylic acids is 1. The summed E-state index contributed by atoms with van der Waals surface area (Å²) in [6, 6.07) is 7.10. The first-order valence-electron chi connectivity index (χ1n) is 6.60. The van der Waals surface area contributed by atoms with Crippen LogP contribution >= 0.6 is 22.9 Å². The van der Waals surface area contributed by atoms with Crippen molar-refractivity contribution in [1.29, 1.82) is 0 Å². The van der Waals surface area contributed by atoms with Crippen LogP contribution in [-0.4, -0.2) is 19.1 Å². The number of fused-ring (bicyclic) bond motifs is 1. The van der Waals surface area contributed by atoms with Gasteiger partial charge in [-0.1, -0.05) is 11.6 Å². The Bertz CT molecular complexity index is 684. The first kappa shape index (κ1) is 14.2. The molecule has 1 aromatic carbocycles. The normalized spacial score (nSPS) is 13.6. The lowest BCUT2D eigenvalue weighted by atomic mass is 10.2. The summed E-state index contributed by atoms with van der Waals surface area (Å²) in [5.74, 6) is 1.04. The van der Waals surface area contributed by atoms with E-state index in [0.29, 0.717) is 40.3 Å². The average Bonchev–Trinajstić information content (AvgIpc) is 2.76. The molecule has 0 aliphatic carbocycles. The van der Waals surface area contributed by atoms with Crippen molar-refractivity contribution in [2.24, 2.45) is 0 Å². The van der Waals surface area contributed by atoms with Crippen LogP contribution in [0.1, 0.15) is 21.0 Å². The van der Waals surface area contributed by atoms with Gasteiger partial charge in [0.1, 0.15) is 0 Å². The lowest BCUT2D eigenvalue weighted by molar-refractivity contribution is 0.103. The lowest BCUT2D eigenvalue weighted by Crippen LogP contribution is -2.10. The third-order valence-corrected chi connectivity index (χ3v) is 4.36. The average molecular weight is 324 g/mol. The molecule has 0 saturated carbocycles. The molecule has 1 amide bonds. The van der Waals surface area contributed by atoms with Crippen molar-refractivity contribution in [1.82, 2.24) is 0 Å². The van der Waals surface area contributed by atoms with Gasteiger partial charge in [0.2, 0.25) is 0 Å². The first-order chi connectivity index (χ1) is 10.1. The van der Waals surface area contributed by atoms with Crippen molar-refractivity contribution in [3.63, 3.8) is 0 Å². The van der Waals surface area contributed by atoms with Crippen LogP contribution in [0, 0.1) is 6.92 Å². The number of ether oxygens (including phenoxy) is 2. The molecule has 21 heavy (non-hydrogen) atoms. The fraction of sp³-hybridized carbons (Fsp3) is 0.267. The Balaban J connectivity index is 1.85. The topological polar surface area (TPSA) is 47.6 Å². The summed E-state index contributed by atoms with van der Waals surface area (Å²) in [6.07, 6.45) is 0.822. The molecule has 1 aliphatic rings. The van der Waals surface area contributed by atoms with Gasteiger partial charge in [0.05, 0.1) is 28.8 Å². The highest BCUT2D eigenvalue weighted by atomic mass is 35.5. The molecule has 0 spiro atoms. The maximum absolute atomic E-state index is 12.2. The minimum Gasteiger partial charge on any atom is -0.490 e. The van der Waals surface area contributed by atoms with E-state index in [2.05, 4.69) is 5.32 Å². The summed E-state index contributed by atoms with van der Waals surface area (Å²) in [6.45, 7) is 3.15. The van der Waals surface area contributed by atoms with Gasteiger partial charge in [-0.3, -0.25) is 4.79 Å². The van der Waals surface area contributed by atoms with Crippen molar-refractivity contribution in [3.05, 3.63) is 39.0 Å². The molecule has 0 bridgehead atoms. The van der Waals surface area contributed by atoms with E-state index >= 15 is 0 Å². The van der Waals surface area contributed by atoms with Gasteiger partial charge >= 0.3 is 0 Å². The molecular formula is C15H14ClNO3S. The van der Waals surface area contributed by atoms with E-state index in [0.717, 1.165) is 11.3 Å². The molecule has 0 radical (unpaired) electrons. The third kappa shape index (κ3) is 3.14. The number of aryl methyl sites for hydroxylation is 1. The fourth-order valence-electron chi connectivity index (χ4n) is 2.02. The van der Waals surface area contributed by atoms with Crippen LogP contribution in [0.5, 0.6) is 11.5 Å². The van der Waals surface area contributed by atoms with Gasteiger partial charge in [0.15, 0.2) is 11.5 Å². The molecule has 1 aliphatic heterocycles. The van der Waals surface area contributed by atoms with Gasteiger partial charge in [-0.15, -0.1) is 11.3 Å². The minimum atomic E-state index is -0.176. The number of hydrogen-bond acceptors (Lipinski definition) is 4. The monoisotopic (exact) mass is 323 g/mol. The minimum absolute atomic E-state index is 0.176. The van der Waals surface area contributed by atoms with Crippen molar-refractivity contribution in [2.45, 2.75) is 13.3 Å². The van der Waals surface area contributed by atoms with Gasteiger partial charge in [0.25, 0.3) is 5.91 Å². The smallest absolute Gasteiger partial charge is 0.265 e. The highest BCUT2D eigenvalue weighted by Crippen LogP contribution is 2.37. The van der Waals surface area contributed by atoms with Crippen LogP contribution < -0.4 is 14.8 Å². The molecule has 2 aromatic rings. The number of benzene rings is 1. The Labute approximate surface area is 131 Å². The van der Waals surface area contributed by atoms with Gasteiger partial charge < -0.3 is 14.8 Å². The molecule has 4 nitrogen and oxygen atoms in total. The van der Waals surface area contributed by atoms with Gasteiger partial charge in [-0.2, -0.15) is 0 Å². The Morgan fingerprint density at radius 1 is 1.24 bits per heavy atom. The second-order valence-corrected chi connectivity index (χ2v) is 6.39. The van der Waals surface area contributed by atoms with Crippen LogP contribution in [0.2, 0.25) is 5.02 Å². The fourth-order valence-corrected chi connectivity index (χ4v) is 2.98. The van der Waals surface area contributed by atoms with Crippen LogP contribution in [0.4, 0.5) is 5.69 Å². The van der Waals surface area contributed by atoms with E-state index < -0.39 is 0 Å². The number of carbonyl (C=O) groups is 1. The number of anilines is 1. The maximum Gasteiger partial charge on any atom is 0.265 e. The molecule has 2 heterocycles. The van der Waals surface area contributed by atoms with Crippen molar-refractivity contribution in [2.75, 3.05) is 18.5 Å². The number of thiophene rings is 1. The van der Waals surface area contributed by atoms with E-state index in [1.165, 1.54) is 11.3 Å². The van der Waals surface area contributed by atoms with E-state index in [1.54, 1.807) is 18.2 Å². The molecular weight excluding hydrogens is 310 g/mol. The van der Waals surface area contributed by atoms with Crippen LogP contribution in [0.3, 0.4) is 0 Å². The van der Waals surface area contributed by atoms with Gasteiger partial charge in [-0.05, 0) is 19.1 Å². The SMILES string of the molecule is Cc1ccc(C(=O)Nc2cc3c(cc2Cl)OCCCO3)s1. The second kappa shape index (κ2) is 5.95. The highest BCUT2D eigenvalue weighted by molar-refractivity contribution is 7.14. The molecule has 0 unspecified atom stereocenters. The largest absolute Gasteiger partial charge is 0.490 e. The third-order valence-electron chi connectivity index (χ3n) is 3.05. The standard InChI is InChI=1S/C15H14ClNO3S/c1-9-3-4-14(21-9)15(18)17-11-8-13-12(7-10(11)16)19-5-2-6-20-13/h3-4,7-8H,2,5-6H2,1H3,(H,17,18). The Morgan fingerprint density at radius 2 is 1.95 bits per heavy atom. The number of rotatable bonds is 2. The molecule has 1 N–H and O–H groups in total. The summed E-state index contributed by atoms with van der Waals surface area (Å²) >= 11 is 7.65. The number of halogens is 1. The Kier molecular flexibility index (Phi) is 4.03. The highest BCUT2D eigenvalue weighted by Gasteiger charge is 2.16. The zero-order chi connectivity index (χ0) is 14.8. The van der Waals surface area contributed by atoms with Crippen LogP contribution in [0.25, 0.3) is 0 Å². The number of amides is 1. The quantitative estimate of drug-likeness (QED) is 0.904. The predicted molar refractivity (Wildman–Crippen MR) is 84.1 cm³/mol. The van der Waals surface area contributed by atoms with Gasteiger partial charge in [-0.25, -0.2) is 0 Å². The van der Waals surface area contributed by atoms with Crippen LogP contribution in [-0.2, 0) is 0 Å². The summed E-state index contributed by atoms with van der Waals surface area (Å²) in [4.78, 5) is 13.9. The number of nitrogens with one attached hydrogen (secondary N) is 1. The second-order valence-electron chi connectivity index (χ2n) is 4.69. The molecule has 0 atom stereocenters. The molecule has 0 fully saturated rings. The maximum atomic E-state index is 12.2. The Hall–Kier alpha value is -1.72. The van der Waals surface area contributed by atoms with Crippen molar-refractivity contribution in [3.8, 4) is 11.5 Å². The van der Waals surface area contributed by atoms with E-state index in [1.807, 2.05) is 13.0 Å². The lowest BCUT2D eigenvalue weighted by Gasteiger charge is -2.12. The van der Waals surface area contributed by atoms with E-state index in [4.69, 9.17) is 21.1 Å². The Morgan fingerprint density at radius 3 is 2.62 bits per heavy atom. The summed E-state index contributed by atoms with van der Waals surface area (Å²) < 4.78 is 11.2. The van der Waals surface area contributed by atoms with E-state index in [9.17, 15) is 4.79 Å². The van der Waals surface area contributed by atoms with Crippen LogP contribution in [0.15, 0.2) is 24.3 Å². The predicted octanol–water partition coefficient (Wildman–Crippen LogP) is 4.12. The zero-order valence-corrected chi connectivity index (χ0v) is 13.0. The number of hydrogen-bond donors (Lipinski definition) is 1. The molecule has 1 aromatic heterocycles. The molecule has 3 rings (SSSR count). The summed E-state index contributed by atoms with van der Waals surface area (Å²) in [7, 11) is 0. The van der Waals surface area contributed by atoms with E-state index in [-0.39, 0.29) is 5.91 Å². The van der Waals surface area contributed by atoms with Crippen molar-refractivity contribution < 1.29 is 14.3 Å². The first-order valence-corrected chi connectivity index (χ1v) is 7.80. The molecule has 110 valence electrons.